The molecule has 17 heavy (non-hydrogen) atoms. The predicted molar refractivity (Wildman–Crippen MR) is 63.4 cm³/mol. The van der Waals surface area contributed by atoms with Crippen LogP contribution < -0.4 is 16.8 Å². The van der Waals surface area contributed by atoms with Crippen LogP contribution in [0.5, 0.6) is 0 Å². The van der Waals surface area contributed by atoms with Gasteiger partial charge in [-0.1, -0.05) is 6.92 Å². The number of hydrogen-bond acceptors (Lipinski definition) is 5. The van der Waals surface area contributed by atoms with Crippen molar-refractivity contribution in [1.29, 1.82) is 0 Å². The van der Waals surface area contributed by atoms with Crippen molar-refractivity contribution in [2.24, 2.45) is 16.5 Å². The van der Waals surface area contributed by atoms with E-state index in [9.17, 15) is 4.39 Å². The number of halogens is 1. The summed E-state index contributed by atoms with van der Waals surface area (Å²) in [4.78, 5) is 8.15. The Bertz CT molecular complexity index is 467. The second kappa shape index (κ2) is 4.14. The molecule has 2 unspecified atom stereocenters. The van der Waals surface area contributed by atoms with Crippen molar-refractivity contribution < 1.29 is 4.39 Å². The SMILES string of the molecule is CC(c1ccc(F)cn1)C1(N)N=C(N)C=CN1. The first kappa shape index (κ1) is 11.5. The number of aromatic nitrogens is 1. The minimum atomic E-state index is -1.05. The van der Waals surface area contributed by atoms with Crippen molar-refractivity contribution >= 4 is 5.84 Å². The van der Waals surface area contributed by atoms with Crippen molar-refractivity contribution in [3.63, 3.8) is 0 Å². The number of rotatable bonds is 2. The van der Waals surface area contributed by atoms with Gasteiger partial charge in [0.05, 0.1) is 12.1 Å². The summed E-state index contributed by atoms with van der Waals surface area (Å²) in [5.74, 6) is -1.33. The largest absolute Gasteiger partial charge is 0.384 e. The molecule has 0 radical (unpaired) electrons. The molecule has 0 aliphatic carbocycles. The lowest BCUT2D eigenvalue weighted by molar-refractivity contribution is 0.327. The molecule has 0 saturated carbocycles. The van der Waals surface area contributed by atoms with Gasteiger partial charge in [0.2, 0.25) is 0 Å². The lowest BCUT2D eigenvalue weighted by Gasteiger charge is -2.33. The van der Waals surface area contributed by atoms with Crippen LogP contribution >= 0.6 is 0 Å². The van der Waals surface area contributed by atoms with Gasteiger partial charge in [-0.2, -0.15) is 0 Å². The highest BCUT2D eigenvalue weighted by Gasteiger charge is 2.34. The number of nitrogens with zero attached hydrogens (tertiary/aromatic N) is 2. The molecule has 2 heterocycles. The summed E-state index contributed by atoms with van der Waals surface area (Å²) in [6.45, 7) is 1.85. The molecule has 1 aromatic rings. The monoisotopic (exact) mass is 235 g/mol. The van der Waals surface area contributed by atoms with E-state index in [1.54, 1.807) is 18.3 Å². The fourth-order valence-corrected chi connectivity index (χ4v) is 1.63. The van der Waals surface area contributed by atoms with Crippen LogP contribution in [0.25, 0.3) is 0 Å². The molecular formula is C11H14FN5. The molecule has 0 fully saturated rings. The number of nitrogens with two attached hydrogens (primary N) is 2. The summed E-state index contributed by atoms with van der Waals surface area (Å²) in [6.07, 6.45) is 4.42. The second-order valence-electron chi connectivity index (χ2n) is 3.96. The Balaban J connectivity index is 2.28. The lowest BCUT2D eigenvalue weighted by Crippen LogP contribution is -2.56. The fourth-order valence-electron chi connectivity index (χ4n) is 1.63. The van der Waals surface area contributed by atoms with E-state index in [0.29, 0.717) is 11.5 Å². The van der Waals surface area contributed by atoms with E-state index in [-0.39, 0.29) is 11.7 Å². The zero-order valence-corrected chi connectivity index (χ0v) is 9.39. The average molecular weight is 235 g/mol. The molecule has 1 aliphatic rings. The standard InChI is InChI=1S/C11H14FN5/c1-7(9-3-2-8(12)6-15-9)11(14)16-5-4-10(13)17-11/h2-7,16H,14H2,1H3,(H2,13,17). The molecule has 5 nitrogen and oxygen atoms in total. The van der Waals surface area contributed by atoms with Crippen molar-refractivity contribution in [1.82, 2.24) is 10.3 Å². The topological polar surface area (TPSA) is 89.3 Å². The van der Waals surface area contributed by atoms with Gasteiger partial charge in [-0.15, -0.1) is 0 Å². The van der Waals surface area contributed by atoms with Crippen LogP contribution in [0.2, 0.25) is 0 Å². The number of amidine groups is 1. The molecule has 0 amide bonds. The predicted octanol–water partition coefficient (Wildman–Crippen LogP) is 0.411. The molecular weight excluding hydrogens is 221 g/mol. The van der Waals surface area contributed by atoms with Crippen LogP contribution in [-0.2, 0) is 0 Å². The quantitative estimate of drug-likeness (QED) is 0.692. The summed E-state index contributed by atoms with van der Waals surface area (Å²) in [7, 11) is 0. The van der Waals surface area contributed by atoms with E-state index in [1.807, 2.05) is 6.92 Å². The maximum Gasteiger partial charge on any atom is 0.192 e. The van der Waals surface area contributed by atoms with E-state index < -0.39 is 5.79 Å². The summed E-state index contributed by atoms with van der Waals surface area (Å²) in [5, 5.41) is 2.93. The van der Waals surface area contributed by atoms with Crippen molar-refractivity contribution in [3.8, 4) is 0 Å². The van der Waals surface area contributed by atoms with Gasteiger partial charge in [0, 0.05) is 11.9 Å². The zero-order chi connectivity index (χ0) is 12.5. The summed E-state index contributed by atoms with van der Waals surface area (Å²) < 4.78 is 12.8. The highest BCUT2D eigenvalue weighted by molar-refractivity contribution is 5.92. The number of hydrogen-bond donors (Lipinski definition) is 3. The summed E-state index contributed by atoms with van der Waals surface area (Å²) in [6, 6.07) is 2.92. The van der Waals surface area contributed by atoms with Crippen molar-refractivity contribution in [2.45, 2.75) is 18.6 Å². The first-order chi connectivity index (χ1) is 8.01. The zero-order valence-electron chi connectivity index (χ0n) is 9.39. The summed E-state index contributed by atoms with van der Waals surface area (Å²) >= 11 is 0. The van der Waals surface area contributed by atoms with Gasteiger partial charge in [-0.3, -0.25) is 10.7 Å². The van der Waals surface area contributed by atoms with Crippen LogP contribution in [-0.4, -0.2) is 16.6 Å². The van der Waals surface area contributed by atoms with Gasteiger partial charge in [-0.05, 0) is 18.2 Å². The lowest BCUT2D eigenvalue weighted by atomic mass is 9.98. The molecule has 0 aromatic carbocycles. The van der Waals surface area contributed by atoms with Gasteiger partial charge >= 0.3 is 0 Å². The molecule has 0 bridgehead atoms. The van der Waals surface area contributed by atoms with Crippen molar-refractivity contribution in [2.75, 3.05) is 0 Å². The molecule has 6 heteroatoms. The molecule has 90 valence electrons. The number of pyridine rings is 1. The van der Waals surface area contributed by atoms with E-state index >= 15 is 0 Å². The van der Waals surface area contributed by atoms with E-state index in [4.69, 9.17) is 11.5 Å². The Morgan fingerprint density at radius 2 is 2.24 bits per heavy atom. The van der Waals surface area contributed by atoms with Crippen LogP contribution in [0, 0.1) is 5.82 Å². The van der Waals surface area contributed by atoms with Gasteiger partial charge in [-0.25, -0.2) is 9.38 Å². The second-order valence-corrected chi connectivity index (χ2v) is 3.96. The Kier molecular flexibility index (Phi) is 2.81. The molecule has 1 aromatic heterocycles. The third-order valence-corrected chi connectivity index (χ3v) is 2.74. The third kappa shape index (κ3) is 2.26. The van der Waals surface area contributed by atoms with Crippen LogP contribution in [0.3, 0.4) is 0 Å². The maximum absolute atomic E-state index is 12.8. The van der Waals surface area contributed by atoms with Gasteiger partial charge in [0.15, 0.2) is 5.79 Å². The van der Waals surface area contributed by atoms with Gasteiger partial charge in [0.25, 0.3) is 0 Å². The highest BCUT2D eigenvalue weighted by Crippen LogP contribution is 2.25. The molecule has 5 N–H and O–H groups in total. The van der Waals surface area contributed by atoms with Gasteiger partial charge < -0.3 is 11.1 Å². The smallest absolute Gasteiger partial charge is 0.192 e. The highest BCUT2D eigenvalue weighted by atomic mass is 19.1. The van der Waals surface area contributed by atoms with Crippen LogP contribution in [0.1, 0.15) is 18.5 Å². The fraction of sp³-hybridized carbons (Fsp3) is 0.273. The Morgan fingerprint density at radius 3 is 2.82 bits per heavy atom. The first-order valence-electron chi connectivity index (χ1n) is 5.21. The normalized spacial score (nSPS) is 25.0. The van der Waals surface area contributed by atoms with E-state index in [0.717, 1.165) is 6.20 Å². The van der Waals surface area contributed by atoms with Gasteiger partial charge in [0.1, 0.15) is 11.7 Å². The van der Waals surface area contributed by atoms with Crippen molar-refractivity contribution in [3.05, 3.63) is 42.1 Å². The van der Waals surface area contributed by atoms with Crippen LogP contribution in [0.15, 0.2) is 35.6 Å². The van der Waals surface area contributed by atoms with Crippen LogP contribution in [0.4, 0.5) is 4.39 Å². The molecule has 2 rings (SSSR count). The average Bonchev–Trinajstić information content (AvgIpc) is 2.29. The number of nitrogens with one attached hydrogen (secondary N) is 1. The minimum absolute atomic E-state index is 0.244. The molecule has 0 spiro atoms. The molecule has 0 saturated heterocycles. The number of aliphatic imine (C=N–C) groups is 1. The molecule has 1 aliphatic heterocycles. The van der Waals surface area contributed by atoms with E-state index in [1.165, 1.54) is 6.07 Å². The minimum Gasteiger partial charge on any atom is -0.384 e. The first-order valence-corrected chi connectivity index (χ1v) is 5.21. The third-order valence-electron chi connectivity index (χ3n) is 2.74. The Hall–Kier alpha value is -1.95. The maximum atomic E-state index is 12.8. The Morgan fingerprint density at radius 1 is 1.47 bits per heavy atom. The molecule has 2 atom stereocenters. The van der Waals surface area contributed by atoms with E-state index in [2.05, 4.69) is 15.3 Å². The summed E-state index contributed by atoms with van der Waals surface area (Å²) in [5.41, 5.74) is 12.4. The Labute approximate surface area is 98.4 Å².